The van der Waals surface area contributed by atoms with Crippen LogP contribution in [0.25, 0.3) is 0 Å². The highest BCUT2D eigenvalue weighted by molar-refractivity contribution is 8.00. The summed E-state index contributed by atoms with van der Waals surface area (Å²) in [5.41, 5.74) is 4.20. The average Bonchev–Trinajstić information content (AvgIpc) is 2.85. The third-order valence-electron chi connectivity index (χ3n) is 4.23. The minimum absolute atomic E-state index is 0.404. The normalized spacial score (nSPS) is 23.4. The van der Waals surface area contributed by atoms with Gasteiger partial charge in [0.2, 0.25) is 0 Å². The predicted molar refractivity (Wildman–Crippen MR) is 93.2 cm³/mol. The highest BCUT2D eigenvalue weighted by Crippen LogP contribution is 2.30. The van der Waals surface area contributed by atoms with E-state index < -0.39 is 0 Å². The van der Waals surface area contributed by atoms with E-state index in [0.717, 1.165) is 18.9 Å². The van der Waals surface area contributed by atoms with E-state index in [-0.39, 0.29) is 0 Å². The molecule has 1 heterocycles. The van der Waals surface area contributed by atoms with Gasteiger partial charge in [-0.15, -0.1) is 0 Å². The molecule has 0 saturated carbocycles. The van der Waals surface area contributed by atoms with Crippen LogP contribution < -0.4 is 5.32 Å². The van der Waals surface area contributed by atoms with Crippen LogP contribution in [0.1, 0.15) is 49.4 Å². The Morgan fingerprint density at radius 1 is 1.38 bits per heavy atom. The van der Waals surface area contributed by atoms with Crippen molar-refractivity contribution in [2.75, 3.05) is 18.9 Å². The van der Waals surface area contributed by atoms with Gasteiger partial charge in [0.15, 0.2) is 0 Å². The van der Waals surface area contributed by atoms with E-state index in [1.165, 1.54) is 29.5 Å². The smallest absolute Gasteiger partial charge is 0.0666 e. The molecular weight excluding hydrogens is 278 g/mol. The minimum atomic E-state index is 0.404. The van der Waals surface area contributed by atoms with Gasteiger partial charge in [0.1, 0.15) is 0 Å². The summed E-state index contributed by atoms with van der Waals surface area (Å²) in [6, 6.07) is 7.27. The fourth-order valence-electron chi connectivity index (χ4n) is 2.94. The maximum absolute atomic E-state index is 5.68. The van der Waals surface area contributed by atoms with E-state index in [1.54, 1.807) is 0 Å². The maximum Gasteiger partial charge on any atom is 0.0666 e. The van der Waals surface area contributed by atoms with Crippen LogP contribution in [0, 0.1) is 13.8 Å². The molecule has 3 atom stereocenters. The van der Waals surface area contributed by atoms with Gasteiger partial charge in [-0.05, 0) is 51.3 Å². The lowest BCUT2D eigenvalue weighted by Crippen LogP contribution is -2.26. The van der Waals surface area contributed by atoms with E-state index in [2.05, 4.69) is 63.0 Å². The molecule has 0 radical (unpaired) electrons. The van der Waals surface area contributed by atoms with Gasteiger partial charge in [0.25, 0.3) is 0 Å². The van der Waals surface area contributed by atoms with Gasteiger partial charge in [0.05, 0.1) is 6.10 Å². The van der Waals surface area contributed by atoms with Gasteiger partial charge in [0, 0.05) is 23.7 Å². The molecule has 1 aliphatic rings. The Morgan fingerprint density at radius 2 is 2.19 bits per heavy atom. The first-order valence-electron chi connectivity index (χ1n) is 8.15. The molecule has 0 amide bonds. The number of benzene rings is 1. The van der Waals surface area contributed by atoms with Crippen LogP contribution in [0.3, 0.4) is 0 Å². The van der Waals surface area contributed by atoms with Crippen molar-refractivity contribution in [1.82, 2.24) is 5.32 Å². The number of nitrogens with one attached hydrogen (secondary N) is 1. The molecule has 1 saturated heterocycles. The third kappa shape index (κ3) is 4.73. The van der Waals surface area contributed by atoms with Crippen LogP contribution in [0.5, 0.6) is 0 Å². The Hall–Kier alpha value is -0.510. The van der Waals surface area contributed by atoms with Crippen molar-refractivity contribution in [3.8, 4) is 0 Å². The second-order valence-electron chi connectivity index (χ2n) is 6.10. The van der Waals surface area contributed by atoms with Crippen LogP contribution in [0.2, 0.25) is 0 Å². The molecule has 1 N–H and O–H groups in total. The molecule has 0 aromatic heterocycles. The molecule has 1 aromatic rings. The quantitative estimate of drug-likeness (QED) is 0.813. The van der Waals surface area contributed by atoms with E-state index in [9.17, 15) is 0 Å². The first-order chi connectivity index (χ1) is 10.1. The molecule has 0 spiro atoms. The summed E-state index contributed by atoms with van der Waals surface area (Å²) in [4.78, 5) is 0. The SMILES string of the molecule is CCCNC(CSC1CCOC1C)c1ccc(C)cc1C. The Bertz CT molecular complexity index is 449. The number of ether oxygens (including phenoxy) is 1. The second kappa shape index (κ2) is 8.21. The molecule has 0 aliphatic carbocycles. The zero-order valence-corrected chi connectivity index (χ0v) is 14.6. The fourth-order valence-corrected chi connectivity index (χ4v) is 4.29. The number of hydrogen-bond donors (Lipinski definition) is 1. The summed E-state index contributed by atoms with van der Waals surface area (Å²) < 4.78 is 5.68. The average molecular weight is 308 g/mol. The van der Waals surface area contributed by atoms with Gasteiger partial charge in [-0.2, -0.15) is 11.8 Å². The van der Waals surface area contributed by atoms with Gasteiger partial charge in [-0.1, -0.05) is 30.7 Å². The summed E-state index contributed by atoms with van der Waals surface area (Å²) in [5.74, 6) is 1.13. The zero-order valence-electron chi connectivity index (χ0n) is 13.8. The largest absolute Gasteiger partial charge is 0.377 e. The summed E-state index contributed by atoms with van der Waals surface area (Å²) >= 11 is 2.07. The van der Waals surface area contributed by atoms with Crippen molar-refractivity contribution in [2.45, 2.75) is 57.9 Å². The molecule has 3 unspecified atom stereocenters. The first kappa shape index (κ1) is 16.9. The number of rotatable bonds is 7. The van der Waals surface area contributed by atoms with E-state index in [0.29, 0.717) is 17.4 Å². The monoisotopic (exact) mass is 307 g/mol. The van der Waals surface area contributed by atoms with Crippen LogP contribution in [0.15, 0.2) is 18.2 Å². The van der Waals surface area contributed by atoms with Crippen molar-refractivity contribution in [3.05, 3.63) is 34.9 Å². The number of hydrogen-bond acceptors (Lipinski definition) is 3. The summed E-state index contributed by atoms with van der Waals surface area (Å²) in [6.45, 7) is 10.8. The Morgan fingerprint density at radius 3 is 2.81 bits per heavy atom. The molecule has 2 nitrogen and oxygen atoms in total. The van der Waals surface area contributed by atoms with Crippen molar-refractivity contribution in [3.63, 3.8) is 0 Å². The lowest BCUT2D eigenvalue weighted by Gasteiger charge is -2.23. The Kier molecular flexibility index (Phi) is 6.59. The summed E-state index contributed by atoms with van der Waals surface area (Å²) in [7, 11) is 0. The van der Waals surface area contributed by atoms with Crippen molar-refractivity contribution in [1.29, 1.82) is 0 Å². The van der Waals surface area contributed by atoms with Crippen molar-refractivity contribution in [2.24, 2.45) is 0 Å². The molecular formula is C18H29NOS. The molecule has 21 heavy (non-hydrogen) atoms. The van der Waals surface area contributed by atoms with Gasteiger partial charge >= 0.3 is 0 Å². The van der Waals surface area contributed by atoms with Gasteiger partial charge in [-0.25, -0.2) is 0 Å². The lowest BCUT2D eigenvalue weighted by atomic mass is 10.00. The standard InChI is InChI=1S/C18H29NOS/c1-5-9-19-17(12-21-18-8-10-20-15(18)4)16-7-6-13(2)11-14(16)3/h6-7,11,15,17-19H,5,8-10,12H2,1-4H3. The van der Waals surface area contributed by atoms with E-state index in [1.807, 2.05) is 0 Å². The van der Waals surface area contributed by atoms with Crippen LogP contribution in [-0.2, 0) is 4.74 Å². The predicted octanol–water partition coefficient (Wildman–Crippen LogP) is 4.25. The van der Waals surface area contributed by atoms with Crippen LogP contribution >= 0.6 is 11.8 Å². The topological polar surface area (TPSA) is 21.3 Å². The van der Waals surface area contributed by atoms with Crippen LogP contribution in [0.4, 0.5) is 0 Å². The Balaban J connectivity index is 2.02. The molecule has 1 aliphatic heterocycles. The second-order valence-corrected chi connectivity index (χ2v) is 7.38. The summed E-state index contributed by atoms with van der Waals surface area (Å²) in [5, 5.41) is 4.38. The van der Waals surface area contributed by atoms with Crippen LogP contribution in [-0.4, -0.2) is 30.3 Å². The molecule has 0 bridgehead atoms. The van der Waals surface area contributed by atoms with E-state index >= 15 is 0 Å². The number of aryl methyl sites for hydroxylation is 2. The molecule has 2 rings (SSSR count). The molecule has 118 valence electrons. The first-order valence-corrected chi connectivity index (χ1v) is 9.20. The van der Waals surface area contributed by atoms with Gasteiger partial charge < -0.3 is 10.1 Å². The van der Waals surface area contributed by atoms with Gasteiger partial charge in [-0.3, -0.25) is 0 Å². The number of thioether (sulfide) groups is 1. The molecule has 1 aromatic carbocycles. The molecule has 3 heteroatoms. The Labute approximate surface area is 134 Å². The highest BCUT2D eigenvalue weighted by atomic mass is 32.2. The molecule has 1 fully saturated rings. The zero-order chi connectivity index (χ0) is 15.2. The third-order valence-corrected chi connectivity index (χ3v) is 5.80. The minimum Gasteiger partial charge on any atom is -0.377 e. The lowest BCUT2D eigenvalue weighted by molar-refractivity contribution is 0.127. The van der Waals surface area contributed by atoms with E-state index in [4.69, 9.17) is 4.74 Å². The highest BCUT2D eigenvalue weighted by Gasteiger charge is 2.26. The fraction of sp³-hybridized carbons (Fsp3) is 0.667. The van der Waals surface area contributed by atoms with Crippen molar-refractivity contribution < 1.29 is 4.74 Å². The maximum atomic E-state index is 5.68. The summed E-state index contributed by atoms with van der Waals surface area (Å²) in [6.07, 6.45) is 2.77. The van der Waals surface area contributed by atoms with Crippen molar-refractivity contribution >= 4 is 11.8 Å².